The Morgan fingerprint density at radius 2 is 1.68 bits per heavy atom. The van der Waals surface area contributed by atoms with Crippen molar-refractivity contribution in [1.82, 2.24) is 0 Å². The van der Waals surface area contributed by atoms with Crippen LogP contribution in [0.15, 0.2) is 35.5 Å². The molecular formula is C25H34O6. The first-order valence-corrected chi connectivity index (χ1v) is 11.1. The second-order valence-electron chi connectivity index (χ2n) is 9.55. The minimum absolute atomic E-state index is 0.120. The lowest BCUT2D eigenvalue weighted by Gasteiger charge is -2.46. The van der Waals surface area contributed by atoms with Gasteiger partial charge in [-0.1, -0.05) is 32.6 Å². The third-order valence-corrected chi connectivity index (χ3v) is 8.02. The fourth-order valence-electron chi connectivity index (χ4n) is 5.57. The number of hydrogen-bond donors (Lipinski definition) is 0. The molecule has 1 saturated heterocycles. The van der Waals surface area contributed by atoms with Gasteiger partial charge in [0.2, 0.25) is 0 Å². The third kappa shape index (κ3) is 3.54. The summed E-state index contributed by atoms with van der Waals surface area (Å²) in [6, 6.07) is 0. The van der Waals surface area contributed by atoms with Gasteiger partial charge in [0.05, 0.1) is 0 Å². The molecule has 6 heteroatoms. The first-order chi connectivity index (χ1) is 14.5. The molecule has 170 valence electrons. The molecule has 6 atom stereocenters. The quantitative estimate of drug-likeness (QED) is 0.286. The highest BCUT2D eigenvalue weighted by Gasteiger charge is 2.72. The van der Waals surface area contributed by atoms with Gasteiger partial charge in [0, 0.05) is 17.1 Å². The first kappa shape index (κ1) is 23.3. The molecular weight excluding hydrogens is 396 g/mol. The Balaban J connectivity index is 2.10. The predicted molar refractivity (Wildman–Crippen MR) is 116 cm³/mol. The van der Waals surface area contributed by atoms with Gasteiger partial charge in [0.1, 0.15) is 24.2 Å². The zero-order valence-corrected chi connectivity index (χ0v) is 19.4. The van der Waals surface area contributed by atoms with E-state index in [1.165, 1.54) is 0 Å². The maximum absolute atomic E-state index is 13.1. The molecule has 0 aromatic carbocycles. The molecule has 0 N–H and O–H groups in total. The second kappa shape index (κ2) is 8.29. The van der Waals surface area contributed by atoms with E-state index in [9.17, 15) is 14.4 Å². The number of hydrogen-bond acceptors (Lipinski definition) is 6. The standard InChI is InChI=1S/C25H34O6/c1-8-14(3)21(26)30-18-11-10-16(5)24(7)13-25(17(6)12-29-23(25)28)20(19(18)24)31-22(27)15(4)9-2/h8-9,16,18-20H,6,10-13H2,1-5,7H3/b14-8+,15-9+/t16-,18-,19+,20+,24+,25+/m0/s1. The van der Waals surface area contributed by atoms with Crippen molar-refractivity contribution < 1.29 is 28.6 Å². The lowest BCUT2D eigenvalue weighted by Crippen LogP contribution is -2.50. The lowest BCUT2D eigenvalue weighted by atomic mass is 9.61. The van der Waals surface area contributed by atoms with Gasteiger partial charge in [-0.05, 0) is 63.9 Å². The summed E-state index contributed by atoms with van der Waals surface area (Å²) in [6.07, 6.45) is 4.10. The lowest BCUT2D eigenvalue weighted by molar-refractivity contribution is -0.172. The van der Waals surface area contributed by atoms with Gasteiger partial charge in [-0.25, -0.2) is 9.59 Å². The minimum Gasteiger partial charge on any atom is -0.460 e. The molecule has 3 rings (SSSR count). The highest BCUT2D eigenvalue weighted by molar-refractivity contribution is 5.90. The molecule has 3 fully saturated rings. The number of esters is 3. The van der Waals surface area contributed by atoms with E-state index in [-0.39, 0.29) is 29.8 Å². The van der Waals surface area contributed by atoms with Crippen LogP contribution in [-0.2, 0) is 28.6 Å². The molecule has 1 heterocycles. The summed E-state index contributed by atoms with van der Waals surface area (Å²) in [5.74, 6) is -1.34. The molecule has 0 unspecified atom stereocenters. The van der Waals surface area contributed by atoms with Crippen LogP contribution >= 0.6 is 0 Å². The Hall–Kier alpha value is -2.37. The van der Waals surface area contributed by atoms with E-state index in [0.29, 0.717) is 29.6 Å². The van der Waals surface area contributed by atoms with Crippen LogP contribution in [0.1, 0.15) is 60.8 Å². The maximum atomic E-state index is 13.1. The van der Waals surface area contributed by atoms with Crippen molar-refractivity contribution in [3.63, 3.8) is 0 Å². The maximum Gasteiger partial charge on any atom is 0.333 e. The smallest absolute Gasteiger partial charge is 0.333 e. The van der Waals surface area contributed by atoms with Crippen LogP contribution in [0.2, 0.25) is 0 Å². The molecule has 0 amide bonds. The van der Waals surface area contributed by atoms with Crippen LogP contribution < -0.4 is 0 Å². The highest BCUT2D eigenvalue weighted by atomic mass is 16.6. The number of carbonyl (C=O) groups excluding carboxylic acids is 3. The van der Waals surface area contributed by atoms with Gasteiger partial charge in [-0.2, -0.15) is 0 Å². The van der Waals surface area contributed by atoms with E-state index in [0.717, 1.165) is 6.42 Å². The van der Waals surface area contributed by atoms with Gasteiger partial charge < -0.3 is 14.2 Å². The van der Waals surface area contributed by atoms with E-state index < -0.39 is 29.6 Å². The highest BCUT2D eigenvalue weighted by Crippen LogP contribution is 2.66. The Morgan fingerprint density at radius 1 is 1.10 bits per heavy atom. The Bertz CT molecular complexity index is 849. The van der Waals surface area contributed by atoms with Gasteiger partial charge in [-0.3, -0.25) is 4.79 Å². The number of ether oxygens (including phenoxy) is 3. The van der Waals surface area contributed by atoms with Crippen molar-refractivity contribution in [3.05, 3.63) is 35.5 Å². The zero-order valence-electron chi connectivity index (χ0n) is 19.4. The summed E-state index contributed by atoms with van der Waals surface area (Å²) in [4.78, 5) is 38.6. The summed E-state index contributed by atoms with van der Waals surface area (Å²) >= 11 is 0. The molecule has 6 nitrogen and oxygen atoms in total. The summed E-state index contributed by atoms with van der Waals surface area (Å²) in [5, 5.41) is 0. The SMILES string of the molecule is C=C1COC(=O)[C@]12C[C@@]1(C)[C@H]([C@@H](OC(=O)/C(C)=C/C)CC[C@@H]1C)[C@H]2OC(=O)/C(C)=C/C. The number of cyclic esters (lactones) is 1. The first-order valence-electron chi connectivity index (χ1n) is 11.1. The topological polar surface area (TPSA) is 78.9 Å². The summed E-state index contributed by atoms with van der Waals surface area (Å²) in [5.41, 5.74) is 0.126. The number of fused-ring (bicyclic) bond motifs is 1. The summed E-state index contributed by atoms with van der Waals surface area (Å²) < 4.78 is 17.4. The third-order valence-electron chi connectivity index (χ3n) is 8.02. The molecule has 2 aliphatic carbocycles. The monoisotopic (exact) mass is 430 g/mol. The molecule has 0 aromatic heterocycles. The normalized spacial score (nSPS) is 38.1. The van der Waals surface area contributed by atoms with E-state index in [4.69, 9.17) is 14.2 Å². The Labute approximate surface area is 184 Å². The van der Waals surface area contributed by atoms with Crippen LogP contribution in [0.3, 0.4) is 0 Å². The average molecular weight is 431 g/mol. The zero-order chi connectivity index (χ0) is 23.1. The minimum atomic E-state index is -1.11. The van der Waals surface area contributed by atoms with Crippen LogP contribution in [0.25, 0.3) is 0 Å². The molecule has 1 aliphatic heterocycles. The number of allylic oxidation sites excluding steroid dienone is 2. The molecule has 1 spiro atoms. The van der Waals surface area contributed by atoms with Crippen molar-refractivity contribution in [1.29, 1.82) is 0 Å². The average Bonchev–Trinajstić information content (AvgIpc) is 3.18. The van der Waals surface area contributed by atoms with Gasteiger partial charge in [0.15, 0.2) is 0 Å². The van der Waals surface area contributed by atoms with Crippen LogP contribution in [0.4, 0.5) is 0 Å². The second-order valence-corrected chi connectivity index (χ2v) is 9.55. The molecule has 3 aliphatic rings. The fraction of sp³-hybridized carbons (Fsp3) is 0.640. The molecule has 31 heavy (non-hydrogen) atoms. The van der Waals surface area contributed by atoms with E-state index >= 15 is 0 Å². The van der Waals surface area contributed by atoms with E-state index in [2.05, 4.69) is 20.4 Å². The van der Waals surface area contributed by atoms with Crippen molar-refractivity contribution in [3.8, 4) is 0 Å². The number of rotatable bonds is 4. The largest absolute Gasteiger partial charge is 0.460 e. The molecule has 0 radical (unpaired) electrons. The van der Waals surface area contributed by atoms with Crippen LogP contribution in [-0.4, -0.2) is 36.7 Å². The van der Waals surface area contributed by atoms with Crippen molar-refractivity contribution in [2.24, 2.45) is 22.7 Å². The van der Waals surface area contributed by atoms with Crippen LogP contribution in [0, 0.1) is 22.7 Å². The van der Waals surface area contributed by atoms with Crippen LogP contribution in [0.5, 0.6) is 0 Å². The van der Waals surface area contributed by atoms with Crippen molar-refractivity contribution in [2.45, 2.75) is 73.0 Å². The molecule has 0 aromatic rings. The van der Waals surface area contributed by atoms with E-state index in [1.54, 1.807) is 39.8 Å². The molecule has 0 bridgehead atoms. The van der Waals surface area contributed by atoms with Gasteiger partial charge in [-0.15, -0.1) is 0 Å². The molecule has 2 saturated carbocycles. The van der Waals surface area contributed by atoms with Crippen molar-refractivity contribution in [2.75, 3.05) is 6.61 Å². The van der Waals surface area contributed by atoms with Gasteiger partial charge in [0.25, 0.3) is 0 Å². The number of carbonyl (C=O) groups is 3. The predicted octanol–water partition coefficient (Wildman–Crippen LogP) is 4.30. The van der Waals surface area contributed by atoms with Crippen molar-refractivity contribution >= 4 is 17.9 Å². The summed E-state index contributed by atoms with van der Waals surface area (Å²) in [6.45, 7) is 15.5. The Kier molecular flexibility index (Phi) is 6.23. The Morgan fingerprint density at radius 3 is 2.19 bits per heavy atom. The summed E-state index contributed by atoms with van der Waals surface area (Å²) in [7, 11) is 0. The van der Waals surface area contributed by atoms with Gasteiger partial charge >= 0.3 is 17.9 Å². The van der Waals surface area contributed by atoms with E-state index in [1.807, 2.05) is 0 Å². The fourth-order valence-corrected chi connectivity index (χ4v) is 5.57.